The maximum Gasteiger partial charge on any atom is 0.243 e. The molecule has 1 amide bonds. The highest BCUT2D eigenvalue weighted by Gasteiger charge is 2.44. The van der Waals surface area contributed by atoms with Gasteiger partial charge in [-0.05, 0) is 47.9 Å². The molecule has 132 valence electrons. The molecule has 4 rings (SSSR count). The summed E-state index contributed by atoms with van der Waals surface area (Å²) in [6.07, 6.45) is 2.21. The monoisotopic (exact) mass is 411 g/mol. The number of aromatic nitrogens is 4. The van der Waals surface area contributed by atoms with Crippen LogP contribution in [0, 0.1) is 0 Å². The Labute approximate surface area is 159 Å². The van der Waals surface area contributed by atoms with Crippen molar-refractivity contribution in [2.75, 3.05) is 6.54 Å². The Morgan fingerprint density at radius 1 is 1.12 bits per heavy atom. The standard InChI is InChI=1S/C19H18BrN5O/c20-16-8-6-14(7-9-16)18-22-24-25(23-18)12-17(26)21-13-19(10-11-19)15-4-2-1-3-5-15/h1-9H,10-13H2,(H,21,26). The van der Waals surface area contributed by atoms with E-state index in [0.29, 0.717) is 12.4 Å². The molecule has 1 aliphatic carbocycles. The largest absolute Gasteiger partial charge is 0.354 e. The normalized spacial score (nSPS) is 14.8. The molecule has 26 heavy (non-hydrogen) atoms. The lowest BCUT2D eigenvalue weighted by atomic mass is 9.96. The van der Waals surface area contributed by atoms with E-state index in [0.717, 1.165) is 22.9 Å². The molecule has 0 radical (unpaired) electrons. The van der Waals surface area contributed by atoms with Crippen LogP contribution in [-0.4, -0.2) is 32.7 Å². The first kappa shape index (κ1) is 16.9. The topological polar surface area (TPSA) is 72.7 Å². The molecule has 7 heteroatoms. The van der Waals surface area contributed by atoms with Gasteiger partial charge in [0.2, 0.25) is 11.7 Å². The molecule has 3 aromatic rings. The first-order valence-electron chi connectivity index (χ1n) is 8.51. The number of tetrazole rings is 1. The van der Waals surface area contributed by atoms with Crippen LogP contribution in [0.15, 0.2) is 59.1 Å². The van der Waals surface area contributed by atoms with Gasteiger partial charge in [0.1, 0.15) is 6.54 Å². The van der Waals surface area contributed by atoms with Gasteiger partial charge in [-0.15, -0.1) is 10.2 Å². The molecule has 1 saturated carbocycles. The molecule has 1 aliphatic rings. The van der Waals surface area contributed by atoms with Crippen LogP contribution in [0.25, 0.3) is 11.4 Å². The Morgan fingerprint density at radius 3 is 2.54 bits per heavy atom. The zero-order valence-electron chi connectivity index (χ0n) is 14.1. The van der Waals surface area contributed by atoms with Gasteiger partial charge in [0.25, 0.3) is 0 Å². The van der Waals surface area contributed by atoms with Crippen LogP contribution in [0.3, 0.4) is 0 Å². The summed E-state index contributed by atoms with van der Waals surface area (Å²) in [4.78, 5) is 13.6. The van der Waals surface area contributed by atoms with Crippen molar-refractivity contribution < 1.29 is 4.79 Å². The molecule has 6 nitrogen and oxygen atoms in total. The molecule has 0 atom stereocenters. The quantitative estimate of drug-likeness (QED) is 0.676. The predicted molar refractivity (Wildman–Crippen MR) is 101 cm³/mol. The number of hydrogen-bond acceptors (Lipinski definition) is 4. The van der Waals surface area contributed by atoms with Crippen molar-refractivity contribution in [2.45, 2.75) is 24.8 Å². The van der Waals surface area contributed by atoms with Crippen LogP contribution in [0.1, 0.15) is 18.4 Å². The van der Waals surface area contributed by atoms with Crippen molar-refractivity contribution in [3.8, 4) is 11.4 Å². The number of nitrogens with one attached hydrogen (secondary N) is 1. The van der Waals surface area contributed by atoms with Crippen molar-refractivity contribution in [2.24, 2.45) is 0 Å². The van der Waals surface area contributed by atoms with Crippen molar-refractivity contribution >= 4 is 21.8 Å². The minimum atomic E-state index is -0.105. The van der Waals surface area contributed by atoms with Crippen molar-refractivity contribution in [3.63, 3.8) is 0 Å². The van der Waals surface area contributed by atoms with Crippen LogP contribution in [-0.2, 0) is 16.8 Å². The summed E-state index contributed by atoms with van der Waals surface area (Å²) in [6.45, 7) is 0.707. The van der Waals surface area contributed by atoms with E-state index >= 15 is 0 Å². The maximum absolute atomic E-state index is 12.3. The van der Waals surface area contributed by atoms with Gasteiger partial charge in [0, 0.05) is 22.0 Å². The SMILES string of the molecule is O=C(Cn1nnc(-c2ccc(Br)cc2)n1)NCC1(c2ccccc2)CC1. The lowest BCUT2D eigenvalue weighted by Gasteiger charge is -2.16. The predicted octanol–water partition coefficient (Wildman–Crippen LogP) is 2.95. The number of amides is 1. The van der Waals surface area contributed by atoms with Crippen LogP contribution in [0.2, 0.25) is 0 Å². The summed E-state index contributed by atoms with van der Waals surface area (Å²) < 4.78 is 0.987. The highest BCUT2D eigenvalue weighted by Crippen LogP contribution is 2.47. The number of benzene rings is 2. The van der Waals surface area contributed by atoms with E-state index in [-0.39, 0.29) is 17.9 Å². The van der Waals surface area contributed by atoms with E-state index in [1.807, 2.05) is 42.5 Å². The Kier molecular flexibility index (Phi) is 4.55. The van der Waals surface area contributed by atoms with Gasteiger partial charge in [0.05, 0.1) is 0 Å². The van der Waals surface area contributed by atoms with E-state index in [1.165, 1.54) is 10.4 Å². The van der Waals surface area contributed by atoms with Gasteiger partial charge in [-0.25, -0.2) is 0 Å². The summed E-state index contributed by atoms with van der Waals surface area (Å²) in [5.41, 5.74) is 2.24. The average Bonchev–Trinajstić information content (AvgIpc) is 3.33. The summed E-state index contributed by atoms with van der Waals surface area (Å²) in [5.74, 6) is 0.403. The van der Waals surface area contributed by atoms with Crippen LogP contribution >= 0.6 is 15.9 Å². The minimum absolute atomic E-state index is 0.0639. The summed E-state index contributed by atoms with van der Waals surface area (Å²) in [6, 6.07) is 18.0. The van der Waals surface area contributed by atoms with Crippen LogP contribution < -0.4 is 5.32 Å². The Morgan fingerprint density at radius 2 is 1.85 bits per heavy atom. The van der Waals surface area contributed by atoms with Crippen LogP contribution in [0.5, 0.6) is 0 Å². The highest BCUT2D eigenvalue weighted by molar-refractivity contribution is 9.10. The highest BCUT2D eigenvalue weighted by atomic mass is 79.9. The molecular weight excluding hydrogens is 394 g/mol. The number of nitrogens with zero attached hydrogens (tertiary/aromatic N) is 4. The fourth-order valence-electron chi connectivity index (χ4n) is 2.99. The third kappa shape index (κ3) is 3.67. The van der Waals surface area contributed by atoms with Crippen molar-refractivity contribution in [1.82, 2.24) is 25.5 Å². The zero-order valence-corrected chi connectivity index (χ0v) is 15.7. The Hall–Kier alpha value is -2.54. The van der Waals surface area contributed by atoms with Gasteiger partial charge in [-0.1, -0.05) is 46.3 Å². The van der Waals surface area contributed by atoms with E-state index in [4.69, 9.17) is 0 Å². The molecule has 0 saturated heterocycles. The molecule has 2 aromatic carbocycles. The summed E-state index contributed by atoms with van der Waals surface area (Å²) in [7, 11) is 0. The summed E-state index contributed by atoms with van der Waals surface area (Å²) >= 11 is 3.40. The average molecular weight is 412 g/mol. The second-order valence-corrected chi connectivity index (χ2v) is 7.49. The molecule has 1 aromatic heterocycles. The second-order valence-electron chi connectivity index (χ2n) is 6.57. The first-order chi connectivity index (χ1) is 12.6. The van der Waals surface area contributed by atoms with E-state index < -0.39 is 0 Å². The molecule has 0 bridgehead atoms. The number of carbonyl (C=O) groups is 1. The number of halogens is 1. The second kappa shape index (κ2) is 6.99. The Bertz CT molecular complexity index is 903. The maximum atomic E-state index is 12.3. The van der Waals surface area contributed by atoms with E-state index in [1.54, 1.807) is 0 Å². The number of carbonyl (C=O) groups excluding carboxylic acids is 1. The molecule has 1 fully saturated rings. The molecule has 0 spiro atoms. The van der Waals surface area contributed by atoms with Gasteiger partial charge in [0.15, 0.2) is 0 Å². The fraction of sp³-hybridized carbons (Fsp3) is 0.263. The zero-order chi connectivity index (χ0) is 18.0. The molecule has 0 unspecified atom stereocenters. The van der Waals surface area contributed by atoms with E-state index in [2.05, 4.69) is 48.8 Å². The van der Waals surface area contributed by atoms with Gasteiger partial charge < -0.3 is 5.32 Å². The molecule has 0 aliphatic heterocycles. The van der Waals surface area contributed by atoms with Crippen LogP contribution in [0.4, 0.5) is 0 Å². The van der Waals surface area contributed by atoms with E-state index in [9.17, 15) is 4.79 Å². The lowest BCUT2D eigenvalue weighted by Crippen LogP contribution is -2.35. The lowest BCUT2D eigenvalue weighted by molar-refractivity contribution is -0.122. The number of hydrogen-bond donors (Lipinski definition) is 1. The smallest absolute Gasteiger partial charge is 0.243 e. The number of rotatable bonds is 6. The van der Waals surface area contributed by atoms with Crippen molar-refractivity contribution in [3.05, 3.63) is 64.6 Å². The van der Waals surface area contributed by atoms with Gasteiger partial charge in [-0.2, -0.15) is 4.80 Å². The molecular formula is C19H18BrN5O. The Balaban J connectivity index is 1.35. The summed E-state index contributed by atoms with van der Waals surface area (Å²) in [5, 5.41) is 15.3. The molecule has 1 heterocycles. The fourth-order valence-corrected chi connectivity index (χ4v) is 3.25. The van der Waals surface area contributed by atoms with Gasteiger partial charge in [-0.3, -0.25) is 4.79 Å². The first-order valence-corrected chi connectivity index (χ1v) is 9.30. The van der Waals surface area contributed by atoms with Crippen molar-refractivity contribution in [1.29, 1.82) is 0 Å². The third-order valence-corrected chi connectivity index (χ3v) is 5.23. The third-order valence-electron chi connectivity index (χ3n) is 4.70. The minimum Gasteiger partial charge on any atom is -0.354 e. The molecule has 1 N–H and O–H groups in total. The van der Waals surface area contributed by atoms with Gasteiger partial charge >= 0.3 is 0 Å².